The lowest BCUT2D eigenvalue weighted by molar-refractivity contribution is -0.870. The molecule has 0 radical (unpaired) electrons. The first-order valence-corrected chi connectivity index (χ1v) is 35.6. The number of carbonyl (C=O) groups excluding carboxylic acids is 2. The molecule has 0 spiro atoms. The lowest BCUT2D eigenvalue weighted by atomic mass is 10.0. The summed E-state index contributed by atoms with van der Waals surface area (Å²) in [6.45, 7) is 6.88. The molecule has 0 aliphatic carbocycles. The molecule has 82 heavy (non-hydrogen) atoms. The zero-order valence-electron chi connectivity index (χ0n) is 54.2. The zero-order valence-corrected chi connectivity index (χ0v) is 55.1. The van der Waals surface area contributed by atoms with Crippen molar-refractivity contribution in [1.82, 2.24) is 5.32 Å². The smallest absolute Gasteiger partial charge is 0.456 e. The molecule has 1 amide bonds. The Kier molecular flexibility index (Phi) is 58.7. The predicted molar refractivity (Wildman–Crippen MR) is 355 cm³/mol. The number of phosphoric acid groups is 1. The first kappa shape index (κ1) is 78.9. The number of amides is 1. The predicted octanol–water partition coefficient (Wildman–Crippen LogP) is 21.5. The SMILES string of the molecule is CC/C=C\C/C=C\C/C=C\C/C=C\C/C=C\CCCCCCCCCC(=O)NC(COP(=O)(O)OCC[N+](C)(C)C)C(/C=C/CCCCCCCCCCCC)OC(=O)CCCCCCCCCCCCC/C=C\C/C=C\CCCCC. The van der Waals surface area contributed by atoms with E-state index in [2.05, 4.69) is 111 Å². The van der Waals surface area contributed by atoms with E-state index in [1.54, 1.807) is 0 Å². The van der Waals surface area contributed by atoms with E-state index in [9.17, 15) is 19.0 Å². The van der Waals surface area contributed by atoms with Gasteiger partial charge in [-0.15, -0.1) is 0 Å². The fraction of sp³-hybridized carbons (Fsp3) is 0.750. The molecule has 0 aromatic heterocycles. The van der Waals surface area contributed by atoms with Crippen LogP contribution in [0.5, 0.6) is 0 Å². The molecule has 2 N–H and O–H groups in total. The van der Waals surface area contributed by atoms with Crippen molar-refractivity contribution in [2.45, 2.75) is 309 Å². The molecule has 0 saturated carbocycles. The normalized spacial score (nSPS) is 14.2. The van der Waals surface area contributed by atoms with E-state index in [0.717, 1.165) is 109 Å². The quantitative estimate of drug-likeness (QED) is 0.0205. The van der Waals surface area contributed by atoms with Gasteiger partial charge in [0.05, 0.1) is 33.8 Å². The van der Waals surface area contributed by atoms with Crippen LogP contribution in [0.1, 0.15) is 297 Å². The molecule has 0 aliphatic rings. The summed E-state index contributed by atoms with van der Waals surface area (Å²) in [5.41, 5.74) is 0. The summed E-state index contributed by atoms with van der Waals surface area (Å²) in [5.74, 6) is -0.518. The number of unbranched alkanes of at least 4 members (excludes halogenated alkanes) is 31. The average Bonchev–Trinajstić information content (AvgIpc) is 3.47. The van der Waals surface area contributed by atoms with Gasteiger partial charge in [-0.3, -0.25) is 18.6 Å². The summed E-state index contributed by atoms with van der Waals surface area (Å²) >= 11 is 0. The number of hydrogen-bond donors (Lipinski definition) is 2. The van der Waals surface area contributed by atoms with E-state index in [0.29, 0.717) is 17.4 Å². The number of likely N-dealkylation sites (N-methyl/N-ethyl adjacent to an activating group) is 1. The molecule has 474 valence electrons. The highest BCUT2D eigenvalue weighted by atomic mass is 31.2. The van der Waals surface area contributed by atoms with Crippen LogP contribution in [0.25, 0.3) is 0 Å². The molecule has 0 fully saturated rings. The summed E-state index contributed by atoms with van der Waals surface area (Å²) in [4.78, 5) is 37.9. The highest BCUT2D eigenvalue weighted by Gasteiger charge is 2.30. The van der Waals surface area contributed by atoms with Crippen molar-refractivity contribution in [2.24, 2.45) is 0 Å². The van der Waals surface area contributed by atoms with E-state index >= 15 is 0 Å². The maximum atomic E-state index is 13.6. The zero-order chi connectivity index (χ0) is 60.0. The van der Waals surface area contributed by atoms with E-state index in [-0.39, 0.29) is 31.5 Å². The molecule has 0 heterocycles. The summed E-state index contributed by atoms with van der Waals surface area (Å²) < 4.78 is 30.8. The molecule has 0 aromatic carbocycles. The van der Waals surface area contributed by atoms with E-state index in [1.807, 2.05) is 33.3 Å². The number of allylic oxidation sites excluding steroid dienone is 15. The maximum absolute atomic E-state index is 13.6. The second kappa shape index (κ2) is 61.0. The van der Waals surface area contributed by atoms with Crippen molar-refractivity contribution in [3.8, 4) is 0 Å². The number of carbonyl (C=O) groups is 2. The minimum absolute atomic E-state index is 0.0338. The van der Waals surface area contributed by atoms with Gasteiger partial charge in [0.2, 0.25) is 5.91 Å². The minimum Gasteiger partial charge on any atom is -0.456 e. The first-order valence-electron chi connectivity index (χ1n) is 34.1. The first-order chi connectivity index (χ1) is 39.9. The minimum atomic E-state index is -4.46. The molecule has 0 aliphatic heterocycles. The summed E-state index contributed by atoms with van der Waals surface area (Å²) in [6, 6.07) is -0.861. The van der Waals surface area contributed by atoms with Crippen molar-refractivity contribution in [3.63, 3.8) is 0 Å². The molecule has 0 aromatic rings. The molecule has 10 heteroatoms. The topological polar surface area (TPSA) is 111 Å². The van der Waals surface area contributed by atoms with Gasteiger partial charge in [-0.05, 0) is 109 Å². The van der Waals surface area contributed by atoms with Crippen molar-refractivity contribution in [1.29, 1.82) is 0 Å². The van der Waals surface area contributed by atoms with Gasteiger partial charge >= 0.3 is 13.8 Å². The third-order valence-corrected chi connectivity index (χ3v) is 15.7. The number of ether oxygens (including phenoxy) is 1. The van der Waals surface area contributed by atoms with Gasteiger partial charge in [0.25, 0.3) is 0 Å². The van der Waals surface area contributed by atoms with Crippen LogP contribution in [0, 0.1) is 0 Å². The van der Waals surface area contributed by atoms with Crippen molar-refractivity contribution < 1.29 is 37.3 Å². The lowest BCUT2D eigenvalue weighted by Gasteiger charge is -2.27. The monoisotopic (exact) mass is 1170 g/mol. The van der Waals surface area contributed by atoms with Crippen LogP contribution < -0.4 is 5.32 Å². The van der Waals surface area contributed by atoms with Crippen LogP contribution in [0.15, 0.2) is 97.2 Å². The number of esters is 1. The van der Waals surface area contributed by atoms with Crippen LogP contribution in [0.4, 0.5) is 0 Å². The molecule has 0 rings (SSSR count). The van der Waals surface area contributed by atoms with E-state index in [1.165, 1.54) is 154 Å². The van der Waals surface area contributed by atoms with Crippen molar-refractivity contribution in [2.75, 3.05) is 40.9 Å². The number of nitrogens with zero attached hydrogens (tertiary/aromatic N) is 1. The van der Waals surface area contributed by atoms with Gasteiger partial charge in [-0.25, -0.2) is 4.57 Å². The van der Waals surface area contributed by atoms with Crippen LogP contribution >= 0.6 is 7.82 Å². The van der Waals surface area contributed by atoms with E-state index in [4.69, 9.17) is 13.8 Å². The third-order valence-electron chi connectivity index (χ3n) is 14.8. The third kappa shape index (κ3) is 61.5. The van der Waals surface area contributed by atoms with Gasteiger partial charge in [0.1, 0.15) is 19.3 Å². The Labute approximate surface area is 507 Å². The fourth-order valence-corrected chi connectivity index (χ4v) is 10.3. The van der Waals surface area contributed by atoms with Gasteiger partial charge < -0.3 is 19.4 Å². The molecular weight excluding hydrogens is 1040 g/mol. The Hall–Kier alpha value is -3.07. The highest BCUT2D eigenvalue weighted by Crippen LogP contribution is 2.43. The van der Waals surface area contributed by atoms with Crippen LogP contribution in [-0.2, 0) is 27.9 Å². The maximum Gasteiger partial charge on any atom is 0.472 e. The number of nitrogens with one attached hydrogen (secondary N) is 1. The number of quaternary nitrogens is 1. The molecule has 0 saturated heterocycles. The molecule has 3 unspecified atom stereocenters. The molecular formula is C72H130N2O7P+. The number of rotatable bonds is 61. The standard InChI is InChI=1S/C72H129N2O7P/c1-7-10-13-16-19-22-25-28-30-32-34-36-37-39-40-42-44-46-49-52-55-58-61-64-71(75)73-69(68-80-82(77,78)79-67-66-74(4,5)6)70(63-60-57-54-51-48-27-24-21-18-15-12-9-3)81-72(76)65-62-59-56-53-50-47-45-43-41-38-35-33-31-29-26-23-20-17-14-11-8-2/h10,13,19-20,22-23,28-31,34,36,39-40,60,63,69-70H,7-9,11-12,14-18,21,24-27,32-33,35,37-38,41-59,61-62,64-68H2,1-6H3,(H-,73,75,77,78)/p+1/b13-10-,22-19-,23-20-,30-28-,31-29-,36-34-,40-39-,63-60+. The molecule has 9 nitrogen and oxygen atoms in total. The van der Waals surface area contributed by atoms with Gasteiger partial charge in [0, 0.05) is 12.8 Å². The second-order valence-electron chi connectivity index (χ2n) is 24.0. The van der Waals surface area contributed by atoms with Gasteiger partial charge in [-0.2, -0.15) is 0 Å². The van der Waals surface area contributed by atoms with Crippen LogP contribution in [-0.4, -0.2) is 74.3 Å². The largest absolute Gasteiger partial charge is 0.472 e. The Morgan fingerprint density at radius 2 is 0.780 bits per heavy atom. The van der Waals surface area contributed by atoms with Crippen LogP contribution in [0.2, 0.25) is 0 Å². The second-order valence-corrected chi connectivity index (χ2v) is 25.4. The highest BCUT2D eigenvalue weighted by molar-refractivity contribution is 7.47. The summed E-state index contributed by atoms with van der Waals surface area (Å²) in [5, 5.41) is 3.06. The van der Waals surface area contributed by atoms with Crippen molar-refractivity contribution >= 4 is 19.7 Å². The fourth-order valence-electron chi connectivity index (χ4n) is 9.53. The number of hydrogen-bond acceptors (Lipinski definition) is 6. The summed E-state index contributed by atoms with van der Waals surface area (Å²) in [7, 11) is 1.48. The molecule has 3 atom stereocenters. The summed E-state index contributed by atoms with van der Waals surface area (Å²) in [6.07, 6.45) is 82.6. The van der Waals surface area contributed by atoms with Gasteiger partial charge in [-0.1, -0.05) is 272 Å². The lowest BCUT2D eigenvalue weighted by Crippen LogP contribution is -2.47. The van der Waals surface area contributed by atoms with Crippen LogP contribution in [0.3, 0.4) is 0 Å². The Morgan fingerprint density at radius 1 is 0.439 bits per heavy atom. The Balaban J connectivity index is 5.16. The van der Waals surface area contributed by atoms with E-state index < -0.39 is 20.0 Å². The Bertz CT molecular complexity index is 1720. The molecule has 0 bridgehead atoms. The average molecular weight is 1170 g/mol. The Morgan fingerprint density at radius 3 is 1.20 bits per heavy atom. The van der Waals surface area contributed by atoms with Gasteiger partial charge in [0.15, 0.2) is 0 Å². The number of phosphoric ester groups is 1. The van der Waals surface area contributed by atoms with Crippen molar-refractivity contribution in [3.05, 3.63) is 97.2 Å².